The number of hydrogen-bond acceptors (Lipinski definition) is 7. The maximum atomic E-state index is 10.1. The molecule has 3 aromatic heterocycles. The number of halogens is 2. The molecular weight excluding hydrogens is 463 g/mol. The van der Waals surface area contributed by atoms with Crippen LogP contribution in [-0.2, 0) is 13.7 Å². The number of hydrogen-bond donors (Lipinski definition) is 3. The normalized spacial score (nSPS) is 18.2. The van der Waals surface area contributed by atoms with Gasteiger partial charge in [-0.1, -0.05) is 23.2 Å². The largest absolute Gasteiger partial charge is 0.390 e. The Morgan fingerprint density at radius 3 is 2.70 bits per heavy atom. The van der Waals surface area contributed by atoms with Gasteiger partial charge in [-0.3, -0.25) is 9.78 Å². The van der Waals surface area contributed by atoms with Crippen molar-refractivity contribution in [1.82, 2.24) is 35.3 Å². The van der Waals surface area contributed by atoms with Crippen LogP contribution in [0.15, 0.2) is 12.1 Å². The minimum absolute atomic E-state index is 0.201. The lowest BCUT2D eigenvalue weighted by Gasteiger charge is -2.39. The number of nitrogens with zero attached hydrogens (tertiary/aromatic N) is 6. The van der Waals surface area contributed by atoms with E-state index in [-0.39, 0.29) is 6.61 Å². The zero-order valence-electron chi connectivity index (χ0n) is 18.2. The molecule has 6 rings (SSSR count). The number of piperidine rings is 1. The van der Waals surface area contributed by atoms with Crippen molar-refractivity contribution in [2.75, 3.05) is 31.1 Å². The van der Waals surface area contributed by atoms with Gasteiger partial charge in [0.05, 0.1) is 22.5 Å². The molecule has 0 amide bonds. The van der Waals surface area contributed by atoms with E-state index in [2.05, 4.69) is 25.5 Å². The van der Waals surface area contributed by atoms with Gasteiger partial charge in [0.2, 0.25) is 0 Å². The third-order valence-corrected chi connectivity index (χ3v) is 8.00. The first-order valence-electron chi connectivity index (χ1n) is 11.1. The van der Waals surface area contributed by atoms with Crippen molar-refractivity contribution in [3.63, 3.8) is 0 Å². The summed E-state index contributed by atoms with van der Waals surface area (Å²) in [7, 11) is 1.77. The third kappa shape index (κ3) is 3.29. The molecule has 3 N–H and O–H groups in total. The van der Waals surface area contributed by atoms with Crippen molar-refractivity contribution in [2.24, 2.45) is 12.5 Å². The number of aryl methyl sites for hydroxylation is 1. The second-order valence-electron chi connectivity index (χ2n) is 9.07. The molecule has 0 aliphatic carbocycles. The molecule has 0 bridgehead atoms. The number of fused-ring (bicyclic) bond motifs is 2. The number of aliphatic hydroxyl groups excluding tert-OH is 1. The van der Waals surface area contributed by atoms with Crippen LogP contribution in [0.5, 0.6) is 0 Å². The van der Waals surface area contributed by atoms with Gasteiger partial charge in [0, 0.05) is 32.2 Å². The van der Waals surface area contributed by atoms with E-state index in [1.54, 1.807) is 11.7 Å². The van der Waals surface area contributed by atoms with Gasteiger partial charge in [0.15, 0.2) is 11.5 Å². The van der Waals surface area contributed by atoms with Crippen molar-refractivity contribution >= 4 is 51.1 Å². The molecule has 2 aliphatic heterocycles. The molecule has 2 fully saturated rings. The Bertz CT molecular complexity index is 1360. The third-order valence-electron chi connectivity index (χ3n) is 7.17. The van der Waals surface area contributed by atoms with Gasteiger partial charge in [-0.2, -0.15) is 10.2 Å². The highest BCUT2D eigenvalue weighted by Crippen LogP contribution is 2.40. The number of rotatable bonds is 3. The Morgan fingerprint density at radius 1 is 1.15 bits per heavy atom. The number of aromatic nitrogens is 6. The summed E-state index contributed by atoms with van der Waals surface area (Å²) in [5.74, 6) is 0.720. The van der Waals surface area contributed by atoms with Crippen molar-refractivity contribution in [1.29, 1.82) is 0 Å². The van der Waals surface area contributed by atoms with Gasteiger partial charge in [-0.05, 0) is 43.4 Å². The van der Waals surface area contributed by atoms with Crippen molar-refractivity contribution in [3.05, 3.63) is 28.0 Å². The summed E-state index contributed by atoms with van der Waals surface area (Å²) in [6, 6.07) is 3.72. The summed E-state index contributed by atoms with van der Waals surface area (Å²) >= 11 is 13.2. The maximum absolute atomic E-state index is 10.1. The van der Waals surface area contributed by atoms with E-state index in [1.807, 2.05) is 12.1 Å². The van der Waals surface area contributed by atoms with Gasteiger partial charge in [-0.15, -0.1) is 0 Å². The van der Waals surface area contributed by atoms with E-state index < -0.39 is 0 Å². The molecule has 0 unspecified atom stereocenters. The smallest absolute Gasteiger partial charge is 0.177 e. The van der Waals surface area contributed by atoms with Crippen LogP contribution >= 0.6 is 23.2 Å². The zero-order valence-corrected chi connectivity index (χ0v) is 19.7. The fraction of sp³-hybridized carbons (Fsp3) is 0.455. The summed E-state index contributed by atoms with van der Waals surface area (Å²) in [6.45, 7) is 3.79. The fourth-order valence-corrected chi connectivity index (χ4v) is 5.84. The van der Waals surface area contributed by atoms with Crippen molar-refractivity contribution in [3.8, 4) is 11.3 Å². The van der Waals surface area contributed by atoms with E-state index in [4.69, 9.17) is 33.2 Å². The van der Waals surface area contributed by atoms with Gasteiger partial charge in [0.25, 0.3) is 0 Å². The quantitative estimate of drug-likeness (QED) is 0.407. The van der Waals surface area contributed by atoms with Crippen molar-refractivity contribution < 1.29 is 5.11 Å². The maximum Gasteiger partial charge on any atom is 0.177 e. The van der Waals surface area contributed by atoms with E-state index in [0.29, 0.717) is 54.6 Å². The highest BCUT2D eigenvalue weighted by atomic mass is 35.5. The molecule has 11 heteroatoms. The minimum Gasteiger partial charge on any atom is -0.390 e. The number of benzene rings is 1. The molecule has 1 aromatic carbocycles. The predicted molar refractivity (Wildman–Crippen MR) is 129 cm³/mol. The molecule has 5 heterocycles. The second-order valence-corrected chi connectivity index (χ2v) is 9.81. The molecule has 33 heavy (non-hydrogen) atoms. The minimum atomic E-state index is -0.201. The molecule has 0 atom stereocenters. The molecule has 4 aromatic rings. The fourth-order valence-electron chi connectivity index (χ4n) is 5.22. The van der Waals surface area contributed by atoms with Gasteiger partial charge in [0.1, 0.15) is 22.1 Å². The Morgan fingerprint density at radius 2 is 1.97 bits per heavy atom. The average Bonchev–Trinajstić information content (AvgIpc) is 3.52. The first-order valence-corrected chi connectivity index (χ1v) is 11.9. The van der Waals surface area contributed by atoms with Crippen molar-refractivity contribution in [2.45, 2.75) is 25.9 Å². The summed E-state index contributed by atoms with van der Waals surface area (Å²) < 4.78 is 1.59. The van der Waals surface area contributed by atoms with E-state index in [9.17, 15) is 5.11 Å². The van der Waals surface area contributed by atoms with Crippen LogP contribution in [0.3, 0.4) is 0 Å². The molecule has 9 nitrogen and oxygen atoms in total. The Kier molecular flexibility index (Phi) is 4.99. The second kappa shape index (κ2) is 7.80. The Labute approximate surface area is 200 Å². The van der Waals surface area contributed by atoms with Gasteiger partial charge < -0.3 is 15.3 Å². The monoisotopic (exact) mass is 486 g/mol. The summed E-state index contributed by atoms with van der Waals surface area (Å²) in [5, 5.41) is 27.1. The molecule has 172 valence electrons. The highest BCUT2D eigenvalue weighted by Gasteiger charge is 2.38. The topological polar surface area (TPSA) is 108 Å². The van der Waals surface area contributed by atoms with Crippen LogP contribution in [0.25, 0.3) is 33.3 Å². The van der Waals surface area contributed by atoms with Crippen LogP contribution in [0.1, 0.15) is 25.0 Å². The summed E-state index contributed by atoms with van der Waals surface area (Å²) in [6.07, 6.45) is 3.45. The van der Waals surface area contributed by atoms with E-state index in [1.165, 1.54) is 6.42 Å². The van der Waals surface area contributed by atoms with Gasteiger partial charge in [-0.25, -0.2) is 9.97 Å². The zero-order chi connectivity index (χ0) is 22.7. The number of nitrogens with one attached hydrogen (secondary N) is 2. The molecule has 2 aliphatic rings. The standard InChI is InChI=1S/C22H24Cl2N8O/c1-31-19(24)15-13(30-31)3-2-12(16(15)23)17-18-20(29-28-17)27-21(14(10-33)26-18)32-8-5-22(6-9-32)4-7-25-11-22/h2-3,25,33H,4-11H2,1H3,(H,27,28,29). The van der Waals surface area contributed by atoms with Crippen LogP contribution in [0.2, 0.25) is 10.2 Å². The molecule has 0 saturated carbocycles. The SMILES string of the molecule is Cn1nc2ccc(-c3n[nH]c4nc(N5CCC6(CCNC6)CC5)c(CO)nc34)c(Cl)c2c1Cl. The number of aromatic amines is 1. The van der Waals surface area contributed by atoms with Crippen LogP contribution in [0.4, 0.5) is 5.82 Å². The Balaban J connectivity index is 1.40. The lowest BCUT2D eigenvalue weighted by Crippen LogP contribution is -2.42. The van der Waals surface area contributed by atoms with E-state index >= 15 is 0 Å². The lowest BCUT2D eigenvalue weighted by molar-refractivity contribution is 0.245. The lowest BCUT2D eigenvalue weighted by atomic mass is 9.78. The van der Waals surface area contributed by atoms with Gasteiger partial charge >= 0.3 is 0 Å². The highest BCUT2D eigenvalue weighted by molar-refractivity contribution is 6.43. The van der Waals surface area contributed by atoms with Crippen LogP contribution in [-0.4, -0.2) is 61.2 Å². The average molecular weight is 487 g/mol. The number of anilines is 1. The Hall–Kier alpha value is -2.46. The van der Waals surface area contributed by atoms with E-state index in [0.717, 1.165) is 44.8 Å². The first kappa shape index (κ1) is 21.1. The molecule has 1 spiro atoms. The number of aliphatic hydroxyl groups is 1. The molecule has 0 radical (unpaired) electrons. The van der Waals surface area contributed by atoms with Crippen LogP contribution in [0, 0.1) is 5.41 Å². The summed E-state index contributed by atoms with van der Waals surface area (Å²) in [5.41, 5.74) is 4.04. The first-order chi connectivity index (χ1) is 16.0. The molecular formula is C22H24Cl2N8O. The molecule has 2 saturated heterocycles. The predicted octanol–water partition coefficient (Wildman–Crippen LogP) is 3.29. The van der Waals surface area contributed by atoms with Crippen LogP contribution < -0.4 is 10.2 Å². The number of H-pyrrole nitrogens is 1. The summed E-state index contributed by atoms with van der Waals surface area (Å²) in [4.78, 5) is 11.8.